The highest BCUT2D eigenvalue weighted by molar-refractivity contribution is 6.55. The maximum absolute atomic E-state index is 6.22. The standard InChI is InChI=1S/C34H45O7Si4/c1-35-25-13-7-16-28(31(25)38-4)43-22-10-19-34(41-42,20-11-23-44-29-17-8-14-26(36-2)32(29)39-5)21-12-24-45-30-18-9-15-27(37-3)33(30)40-6/h7-9,13-18H,10-12,19-24H2,1-6H3. The van der Waals surface area contributed by atoms with Crippen molar-refractivity contribution in [3.8, 4) is 34.5 Å². The molecule has 0 aromatic heterocycles. The van der Waals surface area contributed by atoms with Crippen LogP contribution in [0.25, 0.3) is 0 Å². The Balaban J connectivity index is 1.64. The van der Waals surface area contributed by atoms with E-state index >= 15 is 0 Å². The molecule has 0 saturated carbocycles. The van der Waals surface area contributed by atoms with Crippen molar-refractivity contribution < 1.29 is 32.8 Å². The molecular formula is C34H45O7Si4. The second-order valence-corrected chi connectivity index (χ2v) is 14.9. The molecule has 0 aliphatic carbocycles. The lowest BCUT2D eigenvalue weighted by Crippen LogP contribution is -2.33. The summed E-state index contributed by atoms with van der Waals surface area (Å²) < 4.78 is 39.8. The van der Waals surface area contributed by atoms with Crippen LogP contribution in [0.4, 0.5) is 0 Å². The number of methoxy groups -OCH3 is 6. The second kappa shape index (κ2) is 19.7. The minimum Gasteiger partial charge on any atom is -0.493 e. The smallest absolute Gasteiger partial charge is 0.247 e. The van der Waals surface area contributed by atoms with Gasteiger partial charge in [0.2, 0.25) is 10.5 Å². The van der Waals surface area contributed by atoms with Crippen LogP contribution >= 0.6 is 0 Å². The van der Waals surface area contributed by atoms with Gasteiger partial charge in [0, 0.05) is 0 Å². The van der Waals surface area contributed by atoms with E-state index in [9.17, 15) is 0 Å². The number of benzene rings is 3. The van der Waals surface area contributed by atoms with E-state index < -0.39 is 0 Å². The Morgan fingerprint density at radius 1 is 0.489 bits per heavy atom. The van der Waals surface area contributed by atoms with Crippen LogP contribution in [0.2, 0.25) is 18.1 Å². The van der Waals surface area contributed by atoms with Gasteiger partial charge in [-0.1, -0.05) is 73.8 Å². The lowest BCUT2D eigenvalue weighted by atomic mass is 9.88. The van der Waals surface area contributed by atoms with E-state index in [1.54, 1.807) is 42.7 Å². The van der Waals surface area contributed by atoms with Crippen LogP contribution in [-0.2, 0) is 4.43 Å². The molecule has 239 valence electrons. The summed E-state index contributed by atoms with van der Waals surface area (Å²) in [6.45, 7) is 0. The Morgan fingerprint density at radius 3 is 1.04 bits per heavy atom. The third-order valence-corrected chi connectivity index (χ3v) is 12.4. The SMILES string of the molecule is COc1cccc([Si]CCCC(CCC[Si]c2cccc(OC)c2OC)(CCC[Si]c2cccc(OC)c2OC)O[Si])c1OC. The molecule has 3 aromatic carbocycles. The first kappa shape index (κ1) is 36.8. The molecule has 0 saturated heterocycles. The first-order chi connectivity index (χ1) is 22.0. The summed E-state index contributed by atoms with van der Waals surface area (Å²) in [4.78, 5) is 0. The summed E-state index contributed by atoms with van der Waals surface area (Å²) in [5.74, 6) is 4.85. The summed E-state index contributed by atoms with van der Waals surface area (Å²) in [7, 11) is 15.6. The summed E-state index contributed by atoms with van der Waals surface area (Å²) >= 11 is 0. The van der Waals surface area contributed by atoms with E-state index in [1.807, 2.05) is 36.4 Å². The quantitative estimate of drug-likeness (QED) is 0.114. The molecule has 0 aliphatic rings. The molecule has 0 aliphatic heterocycles. The number of para-hydroxylation sites is 3. The van der Waals surface area contributed by atoms with E-state index in [1.165, 1.54) is 15.6 Å². The summed E-state index contributed by atoms with van der Waals surface area (Å²) in [6.07, 6.45) is 6.11. The molecule has 3 aromatic rings. The molecule has 0 bridgehead atoms. The third kappa shape index (κ3) is 10.4. The molecule has 11 heteroatoms. The first-order valence-electron chi connectivity index (χ1n) is 15.2. The average molecular weight is 678 g/mol. The predicted octanol–water partition coefficient (Wildman–Crippen LogP) is 4.56. The number of ether oxygens (including phenoxy) is 6. The number of hydrogen-bond donors (Lipinski definition) is 0. The maximum Gasteiger partial charge on any atom is 0.247 e. The van der Waals surface area contributed by atoms with Crippen LogP contribution in [0.5, 0.6) is 34.5 Å². The fourth-order valence-corrected chi connectivity index (χ4v) is 9.48. The van der Waals surface area contributed by atoms with Crippen molar-refractivity contribution in [2.45, 2.75) is 62.3 Å². The van der Waals surface area contributed by atoms with Crippen molar-refractivity contribution in [2.24, 2.45) is 0 Å². The van der Waals surface area contributed by atoms with Crippen molar-refractivity contribution in [3.05, 3.63) is 54.6 Å². The molecule has 3 rings (SSSR count). The fraction of sp³-hybridized carbons (Fsp3) is 0.471. The molecule has 0 fully saturated rings. The Hall–Kier alpha value is -2.71. The maximum atomic E-state index is 6.22. The van der Waals surface area contributed by atoms with Gasteiger partial charge in [-0.25, -0.2) is 0 Å². The zero-order valence-electron chi connectivity index (χ0n) is 27.4. The van der Waals surface area contributed by atoms with Crippen LogP contribution < -0.4 is 44.0 Å². The van der Waals surface area contributed by atoms with Crippen LogP contribution in [0, 0.1) is 0 Å². The van der Waals surface area contributed by atoms with E-state index in [0.717, 1.165) is 91.2 Å². The Kier molecular flexibility index (Phi) is 16.1. The Bertz CT molecular complexity index is 1150. The van der Waals surface area contributed by atoms with Crippen LogP contribution in [0.1, 0.15) is 38.5 Å². The highest BCUT2D eigenvalue weighted by Crippen LogP contribution is 2.32. The topological polar surface area (TPSA) is 64.6 Å². The fourth-order valence-electron chi connectivity index (χ4n) is 5.51. The van der Waals surface area contributed by atoms with Crippen LogP contribution in [0.3, 0.4) is 0 Å². The largest absolute Gasteiger partial charge is 0.493 e. The lowest BCUT2D eigenvalue weighted by Gasteiger charge is -2.34. The molecule has 0 amide bonds. The molecule has 0 spiro atoms. The minimum absolute atomic E-state index is 0.244. The van der Waals surface area contributed by atoms with E-state index in [2.05, 4.69) is 28.7 Å². The summed E-state index contributed by atoms with van der Waals surface area (Å²) in [6, 6.07) is 21.5. The van der Waals surface area contributed by atoms with E-state index in [-0.39, 0.29) is 5.60 Å². The van der Waals surface area contributed by atoms with Gasteiger partial charge in [-0.05, 0) is 53.0 Å². The van der Waals surface area contributed by atoms with Crippen molar-refractivity contribution in [1.82, 2.24) is 0 Å². The van der Waals surface area contributed by atoms with Gasteiger partial charge < -0.3 is 32.8 Å². The van der Waals surface area contributed by atoms with Gasteiger partial charge in [0.05, 0.1) is 76.8 Å². The second-order valence-electron chi connectivity index (χ2n) is 10.5. The van der Waals surface area contributed by atoms with Gasteiger partial charge in [-0.3, -0.25) is 0 Å². The van der Waals surface area contributed by atoms with Crippen LogP contribution in [-0.4, -0.2) is 87.3 Å². The monoisotopic (exact) mass is 677 g/mol. The van der Waals surface area contributed by atoms with Gasteiger partial charge >= 0.3 is 0 Å². The van der Waals surface area contributed by atoms with Gasteiger partial charge in [0.1, 0.15) is 0 Å². The molecule has 0 atom stereocenters. The van der Waals surface area contributed by atoms with E-state index in [4.69, 9.17) is 32.8 Å². The molecule has 0 unspecified atom stereocenters. The average Bonchev–Trinajstić information content (AvgIpc) is 3.09. The highest BCUT2D eigenvalue weighted by Gasteiger charge is 2.28. The van der Waals surface area contributed by atoms with Gasteiger partial charge in [-0.15, -0.1) is 0 Å². The predicted molar refractivity (Wildman–Crippen MR) is 186 cm³/mol. The Morgan fingerprint density at radius 2 is 0.800 bits per heavy atom. The third-order valence-electron chi connectivity index (χ3n) is 7.80. The lowest BCUT2D eigenvalue weighted by molar-refractivity contribution is 0.0485. The summed E-state index contributed by atoms with van der Waals surface area (Å²) in [5.41, 5.74) is -0.244. The van der Waals surface area contributed by atoms with Crippen molar-refractivity contribution in [2.75, 3.05) is 42.7 Å². The zero-order chi connectivity index (χ0) is 32.5. The minimum atomic E-state index is -0.244. The van der Waals surface area contributed by atoms with Crippen molar-refractivity contribution in [3.63, 3.8) is 0 Å². The molecule has 45 heavy (non-hydrogen) atoms. The summed E-state index contributed by atoms with van der Waals surface area (Å²) in [5, 5.41) is 3.59. The van der Waals surface area contributed by atoms with Gasteiger partial charge in [0.15, 0.2) is 34.5 Å². The normalized spacial score (nSPS) is 11.3. The molecule has 0 heterocycles. The Labute approximate surface area is 280 Å². The van der Waals surface area contributed by atoms with Crippen molar-refractivity contribution >= 4 is 54.6 Å². The zero-order valence-corrected chi connectivity index (χ0v) is 31.4. The molecular weight excluding hydrogens is 633 g/mol. The molecule has 9 radical (unpaired) electrons. The molecule has 7 nitrogen and oxygen atoms in total. The van der Waals surface area contributed by atoms with E-state index in [0.29, 0.717) is 28.6 Å². The number of hydrogen-bond acceptors (Lipinski definition) is 7. The first-order valence-corrected chi connectivity index (χ1v) is 19.2. The molecule has 0 N–H and O–H groups in total. The van der Waals surface area contributed by atoms with Gasteiger partial charge in [0.25, 0.3) is 0 Å². The highest BCUT2D eigenvalue weighted by atomic mass is 28.2. The van der Waals surface area contributed by atoms with Crippen LogP contribution in [0.15, 0.2) is 54.6 Å². The number of rotatable bonds is 22. The van der Waals surface area contributed by atoms with Crippen molar-refractivity contribution in [1.29, 1.82) is 0 Å². The van der Waals surface area contributed by atoms with Gasteiger partial charge in [-0.2, -0.15) is 0 Å².